The number of cyclic esters (lactones) is 1. The highest BCUT2D eigenvalue weighted by atomic mass is 35.5. The van der Waals surface area contributed by atoms with Crippen LogP contribution in [-0.2, 0) is 19.6 Å². The third-order valence-electron chi connectivity index (χ3n) is 3.85. The molecule has 5 nitrogen and oxygen atoms in total. The Morgan fingerprint density at radius 1 is 1.04 bits per heavy atom. The Bertz CT molecular complexity index is 847. The van der Waals surface area contributed by atoms with E-state index in [-0.39, 0.29) is 6.61 Å². The van der Waals surface area contributed by atoms with Crippen LogP contribution < -0.4 is 4.31 Å². The van der Waals surface area contributed by atoms with Crippen molar-refractivity contribution in [2.45, 2.75) is 12.5 Å². The van der Waals surface area contributed by atoms with Gasteiger partial charge in [-0.25, -0.2) is 13.2 Å². The molecule has 0 N–H and O–H groups in total. The number of carbonyl (C=O) groups is 1. The summed E-state index contributed by atoms with van der Waals surface area (Å²) in [6, 6.07) is 13.6. The van der Waals surface area contributed by atoms with Gasteiger partial charge in [-0.05, 0) is 35.4 Å². The molecular weight excluding hydrogens is 350 g/mol. The molecule has 0 radical (unpaired) electrons. The van der Waals surface area contributed by atoms with E-state index in [4.69, 9.17) is 16.3 Å². The highest BCUT2D eigenvalue weighted by Crippen LogP contribution is 2.29. The van der Waals surface area contributed by atoms with Crippen LogP contribution in [0.2, 0.25) is 5.02 Å². The standard InChI is InChI=1S/C17H16ClNO4S/c1-24(21,22)19(16-10-11-23-17(16)20)15-8-4-13(5-9-15)12-2-6-14(18)7-3-12/h2-9,16H,10-11H2,1H3. The zero-order valence-corrected chi connectivity index (χ0v) is 14.5. The number of nitrogens with zero attached hydrogens (tertiary/aromatic N) is 1. The molecule has 0 saturated carbocycles. The summed E-state index contributed by atoms with van der Waals surface area (Å²) in [4.78, 5) is 11.8. The Labute approximate surface area is 145 Å². The van der Waals surface area contributed by atoms with Crippen LogP contribution in [0.15, 0.2) is 48.5 Å². The quantitative estimate of drug-likeness (QED) is 0.781. The first-order valence-corrected chi connectivity index (χ1v) is 9.61. The highest BCUT2D eigenvalue weighted by molar-refractivity contribution is 7.92. The first-order valence-electron chi connectivity index (χ1n) is 7.38. The van der Waals surface area contributed by atoms with Gasteiger partial charge in [0, 0.05) is 11.4 Å². The molecule has 3 rings (SSSR count). The van der Waals surface area contributed by atoms with Gasteiger partial charge < -0.3 is 4.74 Å². The van der Waals surface area contributed by atoms with E-state index in [2.05, 4.69) is 0 Å². The minimum absolute atomic E-state index is 0.235. The summed E-state index contributed by atoms with van der Waals surface area (Å²) in [5.41, 5.74) is 2.34. The molecular formula is C17H16ClNO4S. The van der Waals surface area contributed by atoms with Gasteiger partial charge in [-0.3, -0.25) is 4.31 Å². The van der Waals surface area contributed by atoms with Crippen molar-refractivity contribution in [3.05, 3.63) is 53.6 Å². The number of sulfonamides is 1. The predicted molar refractivity (Wildman–Crippen MR) is 93.6 cm³/mol. The molecule has 0 aliphatic carbocycles. The number of rotatable bonds is 4. The number of ether oxygens (including phenoxy) is 1. The molecule has 1 aliphatic heterocycles. The lowest BCUT2D eigenvalue weighted by Gasteiger charge is -2.26. The molecule has 0 spiro atoms. The summed E-state index contributed by atoms with van der Waals surface area (Å²) in [5.74, 6) is -0.512. The van der Waals surface area contributed by atoms with Gasteiger partial charge in [-0.15, -0.1) is 0 Å². The number of hydrogen-bond donors (Lipinski definition) is 0. The number of anilines is 1. The topological polar surface area (TPSA) is 63.7 Å². The number of halogens is 1. The van der Waals surface area contributed by atoms with Crippen molar-refractivity contribution in [3.63, 3.8) is 0 Å². The normalized spacial score (nSPS) is 17.6. The van der Waals surface area contributed by atoms with E-state index in [9.17, 15) is 13.2 Å². The van der Waals surface area contributed by atoms with Crippen LogP contribution >= 0.6 is 11.6 Å². The third kappa shape index (κ3) is 3.39. The van der Waals surface area contributed by atoms with Gasteiger partial charge in [-0.1, -0.05) is 35.9 Å². The smallest absolute Gasteiger partial charge is 0.330 e. The summed E-state index contributed by atoms with van der Waals surface area (Å²) in [7, 11) is -3.60. The molecule has 2 aromatic carbocycles. The van der Waals surface area contributed by atoms with Crippen LogP contribution in [0, 0.1) is 0 Å². The fraction of sp³-hybridized carbons (Fsp3) is 0.235. The maximum absolute atomic E-state index is 12.2. The molecule has 7 heteroatoms. The fourth-order valence-electron chi connectivity index (χ4n) is 2.74. The summed E-state index contributed by atoms with van der Waals surface area (Å²) in [6.45, 7) is 0.235. The molecule has 0 aromatic heterocycles. The van der Waals surface area contributed by atoms with Crippen LogP contribution in [0.3, 0.4) is 0 Å². The lowest BCUT2D eigenvalue weighted by Crippen LogP contribution is -2.42. The van der Waals surface area contributed by atoms with Crippen molar-refractivity contribution < 1.29 is 17.9 Å². The molecule has 1 unspecified atom stereocenters. The van der Waals surface area contributed by atoms with Gasteiger partial charge in [0.05, 0.1) is 18.6 Å². The lowest BCUT2D eigenvalue weighted by molar-refractivity contribution is -0.138. The highest BCUT2D eigenvalue weighted by Gasteiger charge is 2.37. The number of carbonyl (C=O) groups excluding carboxylic acids is 1. The van der Waals surface area contributed by atoms with E-state index < -0.39 is 22.0 Å². The monoisotopic (exact) mass is 365 g/mol. The molecule has 1 heterocycles. The van der Waals surface area contributed by atoms with E-state index in [1.807, 2.05) is 24.3 Å². The maximum atomic E-state index is 12.2. The summed E-state index contributed by atoms with van der Waals surface area (Å²) >= 11 is 5.89. The summed E-state index contributed by atoms with van der Waals surface area (Å²) < 4.78 is 30.4. The first kappa shape index (κ1) is 16.8. The number of benzene rings is 2. The Morgan fingerprint density at radius 3 is 2.04 bits per heavy atom. The van der Waals surface area contributed by atoms with Crippen LogP contribution in [-0.4, -0.2) is 33.3 Å². The predicted octanol–water partition coefficient (Wildman–Crippen LogP) is 3.09. The minimum Gasteiger partial charge on any atom is -0.464 e. The van der Waals surface area contributed by atoms with Gasteiger partial charge in [0.2, 0.25) is 10.0 Å². The summed E-state index contributed by atoms with van der Waals surface area (Å²) in [5, 5.41) is 0.651. The molecule has 1 saturated heterocycles. The number of hydrogen-bond acceptors (Lipinski definition) is 4. The SMILES string of the molecule is CS(=O)(=O)N(c1ccc(-c2ccc(Cl)cc2)cc1)C1CCOC1=O. The van der Waals surface area contributed by atoms with Crippen molar-refractivity contribution in [3.8, 4) is 11.1 Å². The molecule has 1 fully saturated rings. The van der Waals surface area contributed by atoms with E-state index in [1.165, 1.54) is 0 Å². The Morgan fingerprint density at radius 2 is 1.58 bits per heavy atom. The molecule has 0 bridgehead atoms. The van der Waals surface area contributed by atoms with Crippen LogP contribution in [0.1, 0.15) is 6.42 Å². The summed E-state index contributed by atoms with van der Waals surface area (Å²) in [6.07, 6.45) is 1.44. The van der Waals surface area contributed by atoms with Crippen LogP contribution in [0.5, 0.6) is 0 Å². The van der Waals surface area contributed by atoms with E-state index in [0.29, 0.717) is 17.1 Å². The van der Waals surface area contributed by atoms with Crippen molar-refractivity contribution in [1.29, 1.82) is 0 Å². The average molecular weight is 366 g/mol. The van der Waals surface area contributed by atoms with Crippen molar-refractivity contribution in [2.75, 3.05) is 17.2 Å². The number of esters is 1. The second-order valence-corrected chi connectivity index (χ2v) is 7.88. The van der Waals surface area contributed by atoms with Gasteiger partial charge in [0.15, 0.2) is 0 Å². The molecule has 2 aromatic rings. The van der Waals surface area contributed by atoms with Crippen molar-refractivity contribution in [2.24, 2.45) is 0 Å². The zero-order valence-electron chi connectivity index (χ0n) is 13.0. The average Bonchev–Trinajstić information content (AvgIpc) is 2.94. The van der Waals surface area contributed by atoms with Crippen molar-refractivity contribution in [1.82, 2.24) is 0 Å². The van der Waals surface area contributed by atoms with Crippen molar-refractivity contribution >= 4 is 33.3 Å². The molecule has 1 aliphatic rings. The lowest BCUT2D eigenvalue weighted by atomic mass is 10.1. The molecule has 1 atom stereocenters. The molecule has 24 heavy (non-hydrogen) atoms. The second-order valence-electron chi connectivity index (χ2n) is 5.58. The second kappa shape index (κ2) is 6.45. The minimum atomic E-state index is -3.60. The van der Waals surface area contributed by atoms with Gasteiger partial charge >= 0.3 is 5.97 Å². The van der Waals surface area contributed by atoms with Gasteiger partial charge in [-0.2, -0.15) is 0 Å². The fourth-order valence-corrected chi connectivity index (χ4v) is 4.03. The Balaban J connectivity index is 1.95. The first-order chi connectivity index (χ1) is 11.4. The Hall–Kier alpha value is -2.05. The van der Waals surface area contributed by atoms with Crippen LogP contribution in [0.4, 0.5) is 5.69 Å². The largest absolute Gasteiger partial charge is 0.464 e. The maximum Gasteiger partial charge on any atom is 0.330 e. The van der Waals surface area contributed by atoms with E-state index >= 15 is 0 Å². The van der Waals surface area contributed by atoms with Gasteiger partial charge in [0.25, 0.3) is 0 Å². The van der Waals surface area contributed by atoms with Gasteiger partial charge in [0.1, 0.15) is 6.04 Å². The van der Waals surface area contributed by atoms with E-state index in [0.717, 1.165) is 21.7 Å². The zero-order chi connectivity index (χ0) is 17.3. The molecule has 0 amide bonds. The van der Waals surface area contributed by atoms with E-state index in [1.54, 1.807) is 24.3 Å². The molecule has 126 valence electrons. The Kier molecular flexibility index (Phi) is 4.51. The van der Waals surface area contributed by atoms with Crippen LogP contribution in [0.25, 0.3) is 11.1 Å². The third-order valence-corrected chi connectivity index (χ3v) is 5.28.